The lowest BCUT2D eigenvalue weighted by molar-refractivity contribution is -0.122. The van der Waals surface area contributed by atoms with Gasteiger partial charge in [-0.1, -0.05) is 57.0 Å². The molecule has 0 unspecified atom stereocenters. The maximum atomic E-state index is 13.3. The van der Waals surface area contributed by atoms with E-state index < -0.39 is 0 Å². The summed E-state index contributed by atoms with van der Waals surface area (Å²) in [4.78, 5) is 40.7. The van der Waals surface area contributed by atoms with E-state index >= 15 is 0 Å². The molecular weight excluding hydrogens is 376 g/mol. The Bertz CT molecular complexity index is 951. The second-order valence-corrected chi connectivity index (χ2v) is 8.14. The predicted octanol–water partition coefficient (Wildman–Crippen LogP) is 4.74. The van der Waals surface area contributed by atoms with E-state index in [0.29, 0.717) is 11.3 Å². The van der Waals surface area contributed by atoms with Crippen molar-refractivity contribution in [2.45, 2.75) is 52.4 Å². The van der Waals surface area contributed by atoms with E-state index in [9.17, 15) is 14.4 Å². The number of anilines is 2. The fourth-order valence-corrected chi connectivity index (χ4v) is 4.84. The van der Waals surface area contributed by atoms with E-state index in [0.717, 1.165) is 55.3 Å². The number of carbonyl (C=O) groups is 3. The summed E-state index contributed by atoms with van der Waals surface area (Å²) < 4.78 is 0. The first kappa shape index (κ1) is 20.3. The van der Waals surface area contributed by atoms with Crippen LogP contribution in [0.2, 0.25) is 0 Å². The molecule has 2 fully saturated rings. The van der Waals surface area contributed by atoms with E-state index in [2.05, 4.69) is 19.2 Å². The fourth-order valence-electron chi connectivity index (χ4n) is 4.84. The molecule has 2 aromatic carbocycles. The second-order valence-electron chi connectivity index (χ2n) is 8.14. The first-order valence-corrected chi connectivity index (χ1v) is 11.0. The van der Waals surface area contributed by atoms with Crippen LogP contribution in [0.3, 0.4) is 0 Å². The van der Waals surface area contributed by atoms with Crippen LogP contribution < -0.4 is 10.2 Å². The minimum absolute atomic E-state index is 0.159. The molecule has 2 aromatic rings. The zero-order valence-corrected chi connectivity index (χ0v) is 17.6. The highest BCUT2D eigenvalue weighted by molar-refractivity contribution is 6.24. The molecular formula is C25H28N2O3. The lowest BCUT2D eigenvalue weighted by Gasteiger charge is -2.20. The van der Waals surface area contributed by atoms with Crippen molar-refractivity contribution < 1.29 is 14.4 Å². The monoisotopic (exact) mass is 404 g/mol. The first-order valence-electron chi connectivity index (χ1n) is 11.0. The van der Waals surface area contributed by atoms with Crippen molar-refractivity contribution in [3.05, 3.63) is 59.2 Å². The highest BCUT2D eigenvalue weighted by atomic mass is 16.2. The molecule has 1 aliphatic carbocycles. The molecule has 1 heterocycles. The molecule has 0 spiro atoms. The number of nitrogens with one attached hydrogen (secondary N) is 1. The lowest BCUT2D eigenvalue weighted by atomic mass is 9.81. The summed E-state index contributed by atoms with van der Waals surface area (Å²) in [6.45, 7) is 4.11. The van der Waals surface area contributed by atoms with Crippen molar-refractivity contribution in [3.8, 4) is 0 Å². The van der Waals surface area contributed by atoms with Crippen LogP contribution in [0.5, 0.6) is 0 Å². The summed E-state index contributed by atoms with van der Waals surface area (Å²) in [6, 6.07) is 13.0. The van der Waals surface area contributed by atoms with Gasteiger partial charge in [-0.25, -0.2) is 4.90 Å². The molecule has 1 N–H and O–H groups in total. The van der Waals surface area contributed by atoms with Gasteiger partial charge in [0.05, 0.1) is 23.1 Å². The standard InChI is InChI=1S/C25H28N2O3/c1-3-16-10-9-11-17(4-2)22(16)26-23(28)20-14-7-8-15-21(20)27-24(29)18-12-5-6-13-19(18)25(27)30/h7-11,14-15,18-19H,3-6,12-13H2,1-2H3,(H,26,28)/t18-,19-/m1/s1. The fraction of sp³-hybridized carbons (Fsp3) is 0.400. The number of carbonyl (C=O) groups excluding carboxylic acids is 3. The normalized spacial score (nSPS) is 20.9. The van der Waals surface area contributed by atoms with Gasteiger partial charge in [0.1, 0.15) is 0 Å². The van der Waals surface area contributed by atoms with E-state index in [4.69, 9.17) is 0 Å². The van der Waals surface area contributed by atoms with E-state index in [1.165, 1.54) is 4.90 Å². The molecule has 5 heteroatoms. The summed E-state index contributed by atoms with van der Waals surface area (Å²) in [6.07, 6.45) is 5.07. The minimum atomic E-state index is -0.295. The second kappa shape index (κ2) is 8.42. The van der Waals surface area contributed by atoms with E-state index in [1.54, 1.807) is 24.3 Å². The van der Waals surface area contributed by atoms with Crippen LogP contribution in [0.25, 0.3) is 0 Å². The highest BCUT2D eigenvalue weighted by Gasteiger charge is 2.49. The van der Waals surface area contributed by atoms with Crippen molar-refractivity contribution in [2.24, 2.45) is 11.8 Å². The Morgan fingerprint density at radius 3 is 2.03 bits per heavy atom. The minimum Gasteiger partial charge on any atom is -0.321 e. The topological polar surface area (TPSA) is 66.5 Å². The Hall–Kier alpha value is -2.95. The van der Waals surface area contributed by atoms with Gasteiger partial charge >= 0.3 is 0 Å². The molecule has 1 aliphatic heterocycles. The van der Waals surface area contributed by atoms with E-state index in [-0.39, 0.29) is 29.6 Å². The zero-order chi connectivity index (χ0) is 21.3. The highest BCUT2D eigenvalue weighted by Crippen LogP contribution is 2.41. The number of rotatable bonds is 5. The van der Waals surface area contributed by atoms with Gasteiger partial charge in [0.25, 0.3) is 5.91 Å². The number of benzene rings is 2. The molecule has 1 saturated heterocycles. The van der Waals surface area contributed by atoms with Crippen LogP contribution in [-0.4, -0.2) is 17.7 Å². The van der Waals surface area contributed by atoms with Gasteiger partial charge < -0.3 is 5.32 Å². The SMILES string of the molecule is CCc1cccc(CC)c1NC(=O)c1ccccc1N1C(=O)[C@@H]2CCCC[C@H]2C1=O. The smallest absolute Gasteiger partial charge is 0.257 e. The summed E-state index contributed by atoms with van der Waals surface area (Å²) in [5, 5.41) is 3.07. The van der Waals surface area contributed by atoms with Crippen LogP contribution in [0.4, 0.5) is 11.4 Å². The average molecular weight is 405 g/mol. The molecule has 0 radical (unpaired) electrons. The van der Waals surface area contributed by atoms with Crippen molar-refractivity contribution in [3.63, 3.8) is 0 Å². The summed E-state index contributed by atoms with van der Waals surface area (Å²) in [7, 11) is 0. The number of imide groups is 1. The average Bonchev–Trinajstić information content (AvgIpc) is 3.04. The molecule has 0 aromatic heterocycles. The van der Waals surface area contributed by atoms with Crippen LogP contribution in [-0.2, 0) is 22.4 Å². The van der Waals surface area contributed by atoms with Gasteiger partial charge in [0.15, 0.2) is 0 Å². The van der Waals surface area contributed by atoms with Crippen molar-refractivity contribution in [2.75, 3.05) is 10.2 Å². The van der Waals surface area contributed by atoms with Crippen molar-refractivity contribution >= 4 is 29.1 Å². The summed E-state index contributed by atoms with van der Waals surface area (Å²) in [5.41, 5.74) is 3.71. The van der Waals surface area contributed by atoms with E-state index in [1.807, 2.05) is 18.2 Å². The zero-order valence-electron chi connectivity index (χ0n) is 17.6. The number of fused-ring (bicyclic) bond motifs is 1. The molecule has 3 amide bonds. The van der Waals surface area contributed by atoms with Gasteiger partial charge in [-0.15, -0.1) is 0 Å². The molecule has 2 atom stereocenters. The number of nitrogens with zero attached hydrogens (tertiary/aromatic N) is 1. The van der Waals surface area contributed by atoms with Gasteiger partial charge in [0.2, 0.25) is 11.8 Å². The predicted molar refractivity (Wildman–Crippen MR) is 118 cm³/mol. The van der Waals surface area contributed by atoms with Gasteiger partial charge in [0, 0.05) is 5.69 Å². The maximum absolute atomic E-state index is 13.3. The Kier molecular flexibility index (Phi) is 5.71. The third-order valence-electron chi connectivity index (χ3n) is 6.47. The molecule has 156 valence electrons. The van der Waals surface area contributed by atoms with Crippen molar-refractivity contribution in [1.82, 2.24) is 0 Å². The Morgan fingerprint density at radius 1 is 0.900 bits per heavy atom. The Balaban J connectivity index is 1.69. The van der Waals surface area contributed by atoms with Crippen molar-refractivity contribution in [1.29, 1.82) is 0 Å². The molecule has 4 rings (SSSR count). The summed E-state index contributed by atoms with van der Waals surface area (Å²) >= 11 is 0. The van der Waals surface area contributed by atoms with Crippen LogP contribution in [0.1, 0.15) is 61.0 Å². The third-order valence-corrected chi connectivity index (χ3v) is 6.47. The molecule has 5 nitrogen and oxygen atoms in total. The van der Waals surface area contributed by atoms with Crippen LogP contribution in [0, 0.1) is 11.8 Å². The maximum Gasteiger partial charge on any atom is 0.257 e. The molecule has 1 saturated carbocycles. The number of hydrogen-bond donors (Lipinski definition) is 1. The number of para-hydroxylation sites is 2. The van der Waals surface area contributed by atoms with Gasteiger partial charge in [-0.05, 0) is 48.9 Å². The van der Waals surface area contributed by atoms with Gasteiger partial charge in [-0.2, -0.15) is 0 Å². The van der Waals surface area contributed by atoms with Crippen LogP contribution >= 0.6 is 0 Å². The Labute approximate surface area is 177 Å². The van der Waals surface area contributed by atoms with Crippen LogP contribution in [0.15, 0.2) is 42.5 Å². The quantitative estimate of drug-likeness (QED) is 0.732. The molecule has 2 aliphatic rings. The molecule has 0 bridgehead atoms. The number of hydrogen-bond acceptors (Lipinski definition) is 3. The first-order chi connectivity index (χ1) is 14.6. The third kappa shape index (κ3) is 3.42. The molecule has 30 heavy (non-hydrogen) atoms. The largest absolute Gasteiger partial charge is 0.321 e. The Morgan fingerprint density at radius 2 is 1.47 bits per heavy atom. The lowest BCUT2D eigenvalue weighted by Crippen LogP contribution is -2.33. The number of amides is 3. The van der Waals surface area contributed by atoms with Gasteiger partial charge in [-0.3, -0.25) is 14.4 Å². The summed E-state index contributed by atoms with van der Waals surface area (Å²) in [5.74, 6) is -1.09. The number of aryl methyl sites for hydroxylation is 2.